The second-order valence-corrected chi connectivity index (χ2v) is 5.38. The first-order valence-electron chi connectivity index (χ1n) is 6.72. The fraction of sp³-hybridized carbons (Fsp3) is 0.500. The first-order chi connectivity index (χ1) is 9.89. The summed E-state index contributed by atoms with van der Waals surface area (Å²) < 4.78 is 0. The Kier molecular flexibility index (Phi) is 6.11. The molecule has 6 nitrogen and oxygen atoms in total. The number of hydrogen-bond donors (Lipinski definition) is 2. The number of aliphatic hydroxyl groups is 1. The average molecular weight is 315 g/mol. The summed E-state index contributed by atoms with van der Waals surface area (Å²) in [4.78, 5) is 22.3. The van der Waals surface area contributed by atoms with Crippen LogP contribution in [0.15, 0.2) is 18.2 Å². The standard InChI is InChI=1S/C14H19ClN2O4/c1-3-14(4-2,9-18)8-16-13(19)11-7-10(17(20)21)5-6-12(11)15/h5-7,18H,3-4,8-9H2,1-2H3,(H,16,19). The Morgan fingerprint density at radius 2 is 2.05 bits per heavy atom. The highest BCUT2D eigenvalue weighted by atomic mass is 35.5. The number of nitro benzene ring substituents is 1. The predicted octanol–water partition coefficient (Wildman–Crippen LogP) is 2.78. The Morgan fingerprint density at radius 3 is 2.52 bits per heavy atom. The van der Waals surface area contributed by atoms with Gasteiger partial charge in [-0.25, -0.2) is 0 Å². The summed E-state index contributed by atoms with van der Waals surface area (Å²) in [5, 5.41) is 23.1. The Labute approximate surface area is 128 Å². The highest BCUT2D eigenvalue weighted by Gasteiger charge is 2.26. The molecule has 0 aliphatic heterocycles. The third-order valence-corrected chi connectivity index (χ3v) is 4.19. The van der Waals surface area contributed by atoms with Crippen LogP contribution in [0.2, 0.25) is 5.02 Å². The van der Waals surface area contributed by atoms with Crippen molar-refractivity contribution >= 4 is 23.2 Å². The van der Waals surface area contributed by atoms with Gasteiger partial charge in [0.05, 0.1) is 22.1 Å². The Balaban J connectivity index is 2.89. The van der Waals surface area contributed by atoms with Crippen LogP contribution in [0.5, 0.6) is 0 Å². The van der Waals surface area contributed by atoms with Crippen molar-refractivity contribution in [2.45, 2.75) is 26.7 Å². The number of hydrogen-bond acceptors (Lipinski definition) is 4. The highest BCUT2D eigenvalue weighted by molar-refractivity contribution is 6.33. The first-order valence-corrected chi connectivity index (χ1v) is 7.10. The lowest BCUT2D eigenvalue weighted by Crippen LogP contribution is -2.39. The number of rotatable bonds is 7. The molecule has 0 spiro atoms. The topological polar surface area (TPSA) is 92.5 Å². The lowest BCUT2D eigenvalue weighted by atomic mass is 9.83. The van der Waals surface area contributed by atoms with Crippen LogP contribution in [-0.2, 0) is 0 Å². The van der Waals surface area contributed by atoms with Crippen molar-refractivity contribution in [2.24, 2.45) is 5.41 Å². The number of nitro groups is 1. The molecule has 0 saturated heterocycles. The van der Waals surface area contributed by atoms with E-state index in [9.17, 15) is 20.0 Å². The van der Waals surface area contributed by atoms with Crippen LogP contribution in [0.1, 0.15) is 37.0 Å². The van der Waals surface area contributed by atoms with Crippen molar-refractivity contribution in [3.8, 4) is 0 Å². The van der Waals surface area contributed by atoms with E-state index in [0.29, 0.717) is 12.8 Å². The van der Waals surface area contributed by atoms with Gasteiger partial charge in [0.2, 0.25) is 0 Å². The minimum absolute atomic E-state index is 0.0387. The maximum atomic E-state index is 12.1. The molecule has 7 heteroatoms. The monoisotopic (exact) mass is 314 g/mol. The van der Waals surface area contributed by atoms with Gasteiger partial charge in [-0.2, -0.15) is 0 Å². The molecule has 0 fully saturated rings. The van der Waals surface area contributed by atoms with Gasteiger partial charge < -0.3 is 10.4 Å². The molecule has 2 N–H and O–H groups in total. The largest absolute Gasteiger partial charge is 0.396 e. The van der Waals surface area contributed by atoms with E-state index in [2.05, 4.69) is 5.32 Å². The second kappa shape index (κ2) is 7.38. The molecule has 0 heterocycles. The van der Waals surface area contributed by atoms with E-state index >= 15 is 0 Å². The van der Waals surface area contributed by atoms with Gasteiger partial charge in [-0.15, -0.1) is 0 Å². The molecule has 1 amide bonds. The third kappa shape index (κ3) is 4.15. The summed E-state index contributed by atoms with van der Waals surface area (Å²) >= 11 is 5.91. The molecule has 116 valence electrons. The van der Waals surface area contributed by atoms with E-state index in [-0.39, 0.29) is 34.8 Å². The van der Waals surface area contributed by atoms with Crippen LogP contribution in [0.4, 0.5) is 5.69 Å². The van der Waals surface area contributed by atoms with Crippen molar-refractivity contribution < 1.29 is 14.8 Å². The molecular weight excluding hydrogens is 296 g/mol. The number of carbonyl (C=O) groups excluding carboxylic acids is 1. The summed E-state index contributed by atoms with van der Waals surface area (Å²) in [5.41, 5.74) is -0.517. The van der Waals surface area contributed by atoms with E-state index < -0.39 is 10.8 Å². The van der Waals surface area contributed by atoms with E-state index in [1.54, 1.807) is 0 Å². The summed E-state index contributed by atoms with van der Waals surface area (Å²) in [6.07, 6.45) is 1.42. The molecule has 0 aliphatic carbocycles. The van der Waals surface area contributed by atoms with Crippen LogP contribution in [0.25, 0.3) is 0 Å². The van der Waals surface area contributed by atoms with Gasteiger partial charge in [0.25, 0.3) is 11.6 Å². The molecule has 0 unspecified atom stereocenters. The van der Waals surface area contributed by atoms with Crippen molar-refractivity contribution in [3.05, 3.63) is 38.9 Å². The van der Waals surface area contributed by atoms with Crippen molar-refractivity contribution in [1.82, 2.24) is 5.32 Å². The predicted molar refractivity (Wildman–Crippen MR) is 80.5 cm³/mol. The van der Waals surface area contributed by atoms with Gasteiger partial charge >= 0.3 is 0 Å². The van der Waals surface area contributed by atoms with Crippen LogP contribution in [0, 0.1) is 15.5 Å². The van der Waals surface area contributed by atoms with Gasteiger partial charge in [0.1, 0.15) is 0 Å². The first kappa shape index (κ1) is 17.4. The van der Waals surface area contributed by atoms with Gasteiger partial charge in [-0.3, -0.25) is 14.9 Å². The van der Waals surface area contributed by atoms with Crippen molar-refractivity contribution in [3.63, 3.8) is 0 Å². The van der Waals surface area contributed by atoms with Crippen molar-refractivity contribution in [1.29, 1.82) is 0 Å². The molecule has 1 rings (SSSR count). The highest BCUT2D eigenvalue weighted by Crippen LogP contribution is 2.26. The number of benzene rings is 1. The summed E-state index contributed by atoms with van der Waals surface area (Å²) in [6, 6.07) is 3.72. The molecule has 0 aromatic heterocycles. The number of nitrogens with one attached hydrogen (secondary N) is 1. The molecule has 21 heavy (non-hydrogen) atoms. The molecule has 1 aromatic rings. The van der Waals surface area contributed by atoms with E-state index in [0.717, 1.165) is 6.07 Å². The van der Waals surface area contributed by atoms with E-state index in [4.69, 9.17) is 11.6 Å². The van der Waals surface area contributed by atoms with Gasteiger partial charge in [-0.05, 0) is 18.9 Å². The second-order valence-electron chi connectivity index (χ2n) is 4.97. The van der Waals surface area contributed by atoms with Crippen LogP contribution < -0.4 is 5.32 Å². The van der Waals surface area contributed by atoms with Crippen molar-refractivity contribution in [2.75, 3.05) is 13.2 Å². The fourth-order valence-corrected chi connectivity index (χ4v) is 2.15. The summed E-state index contributed by atoms with van der Waals surface area (Å²) in [7, 11) is 0. The zero-order valence-electron chi connectivity index (χ0n) is 12.1. The van der Waals surface area contributed by atoms with Crippen LogP contribution in [0.3, 0.4) is 0 Å². The van der Waals surface area contributed by atoms with Crippen LogP contribution in [-0.4, -0.2) is 29.1 Å². The fourth-order valence-electron chi connectivity index (χ4n) is 1.94. The molecule has 0 saturated carbocycles. The Hall–Kier alpha value is -1.66. The maximum absolute atomic E-state index is 12.1. The number of aliphatic hydroxyl groups excluding tert-OH is 1. The molecule has 0 radical (unpaired) electrons. The lowest BCUT2D eigenvalue weighted by Gasteiger charge is -2.29. The smallest absolute Gasteiger partial charge is 0.270 e. The SMILES string of the molecule is CCC(CC)(CO)CNC(=O)c1cc([N+](=O)[O-])ccc1Cl. The van der Waals surface area contributed by atoms with Gasteiger partial charge in [-0.1, -0.05) is 25.4 Å². The number of carbonyl (C=O) groups is 1. The molecule has 0 aliphatic rings. The number of halogens is 1. The third-order valence-electron chi connectivity index (χ3n) is 3.86. The van der Waals surface area contributed by atoms with Gasteiger partial charge in [0.15, 0.2) is 0 Å². The minimum atomic E-state index is -0.580. The summed E-state index contributed by atoms with van der Waals surface area (Å²) in [5.74, 6) is -0.483. The van der Waals surface area contributed by atoms with Crippen LogP contribution >= 0.6 is 11.6 Å². The maximum Gasteiger partial charge on any atom is 0.270 e. The number of nitrogens with zero attached hydrogens (tertiary/aromatic N) is 1. The quantitative estimate of drug-likeness (QED) is 0.598. The molecular formula is C14H19ClN2O4. The Bertz CT molecular complexity index is 521. The minimum Gasteiger partial charge on any atom is -0.396 e. The number of non-ortho nitro benzene ring substituents is 1. The molecule has 0 atom stereocenters. The van der Waals surface area contributed by atoms with Gasteiger partial charge in [0, 0.05) is 24.1 Å². The summed E-state index contributed by atoms with van der Waals surface area (Å²) in [6.45, 7) is 4.12. The zero-order chi connectivity index (χ0) is 16.0. The zero-order valence-corrected chi connectivity index (χ0v) is 12.8. The van der Waals surface area contributed by atoms with E-state index in [1.165, 1.54) is 12.1 Å². The average Bonchev–Trinajstić information content (AvgIpc) is 2.49. The lowest BCUT2D eigenvalue weighted by molar-refractivity contribution is -0.384. The molecule has 0 bridgehead atoms. The van der Waals surface area contributed by atoms with E-state index in [1.807, 2.05) is 13.8 Å². The normalized spacial score (nSPS) is 11.2. The molecule has 1 aromatic carbocycles. The number of amides is 1. The Morgan fingerprint density at radius 1 is 1.43 bits per heavy atom.